The molecule has 1 fully saturated rings. The number of hydrogen-bond acceptors (Lipinski definition) is 7. The summed E-state index contributed by atoms with van der Waals surface area (Å²) in [6.07, 6.45) is 6.59. The van der Waals surface area contributed by atoms with Crippen LogP contribution < -0.4 is 10.2 Å². The van der Waals surface area contributed by atoms with Gasteiger partial charge in [0.05, 0.1) is 4.92 Å². The molecule has 8 nitrogen and oxygen atoms in total. The molecular formula is C18H22N4O4S. The van der Waals surface area contributed by atoms with E-state index in [1.54, 1.807) is 18.5 Å². The summed E-state index contributed by atoms with van der Waals surface area (Å²) in [6.45, 7) is 2.60. The van der Waals surface area contributed by atoms with Gasteiger partial charge in [0.2, 0.25) is 0 Å². The first-order valence-corrected chi connectivity index (χ1v) is 10.6. The number of benzene rings is 1. The number of nitrogens with zero attached hydrogens (tertiary/aromatic N) is 3. The van der Waals surface area contributed by atoms with Gasteiger partial charge in [0.15, 0.2) is 9.84 Å². The van der Waals surface area contributed by atoms with Crippen LogP contribution in [-0.4, -0.2) is 44.2 Å². The summed E-state index contributed by atoms with van der Waals surface area (Å²) in [5.41, 5.74) is 1.36. The molecule has 3 rings (SSSR count). The van der Waals surface area contributed by atoms with Crippen LogP contribution in [-0.2, 0) is 9.84 Å². The maximum atomic E-state index is 11.8. The van der Waals surface area contributed by atoms with Crippen LogP contribution in [0.2, 0.25) is 0 Å². The van der Waals surface area contributed by atoms with E-state index in [4.69, 9.17) is 0 Å². The molecule has 0 amide bonds. The van der Waals surface area contributed by atoms with Gasteiger partial charge in [-0.1, -0.05) is 0 Å². The standard InChI is InChI=1S/C18H22N4O4S/c1-27(25,26)18-12-15(2-3-17(18)22(23)24)20-13-14-6-10-21(11-7-14)16-4-8-19-9-5-16/h2-5,8-9,12,14,20H,6-7,10-11,13H2,1H3. The first-order chi connectivity index (χ1) is 12.8. The van der Waals surface area contributed by atoms with Crippen LogP contribution in [0, 0.1) is 16.0 Å². The second-order valence-electron chi connectivity index (χ2n) is 6.73. The molecule has 0 unspecified atom stereocenters. The Morgan fingerprint density at radius 3 is 2.48 bits per heavy atom. The lowest BCUT2D eigenvalue weighted by Crippen LogP contribution is -2.35. The molecule has 2 heterocycles. The zero-order chi connectivity index (χ0) is 19.4. The molecule has 1 N–H and O–H groups in total. The molecule has 0 spiro atoms. The van der Waals surface area contributed by atoms with Crippen LogP contribution in [0.1, 0.15) is 12.8 Å². The second kappa shape index (κ2) is 7.91. The molecule has 0 radical (unpaired) electrons. The zero-order valence-corrected chi connectivity index (χ0v) is 15.9. The molecule has 0 saturated carbocycles. The maximum Gasteiger partial charge on any atom is 0.288 e. The van der Waals surface area contributed by atoms with E-state index in [0.717, 1.165) is 32.2 Å². The van der Waals surface area contributed by atoms with Crippen molar-refractivity contribution in [3.05, 3.63) is 52.8 Å². The molecule has 27 heavy (non-hydrogen) atoms. The third-order valence-electron chi connectivity index (χ3n) is 4.79. The van der Waals surface area contributed by atoms with Gasteiger partial charge in [0.25, 0.3) is 5.69 Å². The zero-order valence-electron chi connectivity index (χ0n) is 15.0. The third kappa shape index (κ3) is 4.73. The Balaban J connectivity index is 1.60. The minimum Gasteiger partial charge on any atom is -0.385 e. The number of sulfone groups is 1. The Morgan fingerprint density at radius 2 is 1.89 bits per heavy atom. The van der Waals surface area contributed by atoms with E-state index in [0.29, 0.717) is 18.2 Å². The molecule has 0 aliphatic carbocycles. The third-order valence-corrected chi connectivity index (χ3v) is 5.92. The van der Waals surface area contributed by atoms with E-state index in [1.165, 1.54) is 17.8 Å². The Kier molecular flexibility index (Phi) is 5.59. The first-order valence-electron chi connectivity index (χ1n) is 8.72. The van der Waals surface area contributed by atoms with Gasteiger partial charge in [0, 0.05) is 55.7 Å². The van der Waals surface area contributed by atoms with Crippen LogP contribution >= 0.6 is 0 Å². The van der Waals surface area contributed by atoms with Gasteiger partial charge in [-0.15, -0.1) is 0 Å². The summed E-state index contributed by atoms with van der Waals surface area (Å²) < 4.78 is 23.7. The van der Waals surface area contributed by atoms with Crippen molar-refractivity contribution in [1.82, 2.24) is 4.98 Å². The average Bonchev–Trinajstić information content (AvgIpc) is 2.66. The number of hydrogen-bond donors (Lipinski definition) is 1. The van der Waals surface area contributed by atoms with Crippen molar-refractivity contribution in [2.45, 2.75) is 17.7 Å². The minimum atomic E-state index is -3.68. The van der Waals surface area contributed by atoms with Crippen molar-refractivity contribution < 1.29 is 13.3 Å². The Hall–Kier alpha value is -2.68. The summed E-state index contributed by atoms with van der Waals surface area (Å²) in [5.74, 6) is 0.458. The SMILES string of the molecule is CS(=O)(=O)c1cc(NCC2CCN(c3ccncc3)CC2)ccc1[N+](=O)[O-]. The van der Waals surface area contributed by atoms with E-state index in [9.17, 15) is 18.5 Å². The van der Waals surface area contributed by atoms with Crippen molar-refractivity contribution >= 4 is 26.9 Å². The van der Waals surface area contributed by atoms with E-state index in [1.807, 2.05) is 12.1 Å². The van der Waals surface area contributed by atoms with Crippen molar-refractivity contribution in [2.75, 3.05) is 36.1 Å². The largest absolute Gasteiger partial charge is 0.385 e. The first kappa shape index (κ1) is 19.1. The number of aromatic nitrogens is 1. The fourth-order valence-electron chi connectivity index (χ4n) is 3.28. The Labute approximate surface area is 158 Å². The van der Waals surface area contributed by atoms with Crippen LogP contribution in [0.3, 0.4) is 0 Å². The summed E-state index contributed by atoms with van der Waals surface area (Å²) in [5, 5.41) is 14.3. The van der Waals surface area contributed by atoms with Gasteiger partial charge < -0.3 is 10.2 Å². The molecular weight excluding hydrogens is 368 g/mol. The van der Waals surface area contributed by atoms with Crippen molar-refractivity contribution in [3.8, 4) is 0 Å². The molecule has 1 saturated heterocycles. The van der Waals surface area contributed by atoms with Gasteiger partial charge >= 0.3 is 0 Å². The summed E-state index contributed by atoms with van der Waals surface area (Å²) >= 11 is 0. The fourth-order valence-corrected chi connectivity index (χ4v) is 4.15. The van der Waals surface area contributed by atoms with Crippen molar-refractivity contribution in [1.29, 1.82) is 0 Å². The highest BCUT2D eigenvalue weighted by molar-refractivity contribution is 7.90. The van der Waals surface area contributed by atoms with Crippen LogP contribution in [0.25, 0.3) is 0 Å². The van der Waals surface area contributed by atoms with E-state index < -0.39 is 20.4 Å². The molecule has 9 heteroatoms. The predicted octanol–water partition coefficient (Wildman–Crippen LogP) is 2.72. The number of nitro benzene ring substituents is 1. The van der Waals surface area contributed by atoms with Gasteiger partial charge in [-0.3, -0.25) is 15.1 Å². The molecule has 2 aromatic rings. The number of nitro groups is 1. The highest BCUT2D eigenvalue weighted by atomic mass is 32.2. The van der Waals surface area contributed by atoms with Crippen molar-refractivity contribution in [3.63, 3.8) is 0 Å². The molecule has 0 bridgehead atoms. The molecule has 1 aliphatic rings. The molecule has 1 aromatic heterocycles. The van der Waals surface area contributed by atoms with Crippen LogP contribution in [0.5, 0.6) is 0 Å². The molecule has 144 valence electrons. The Morgan fingerprint density at radius 1 is 1.22 bits per heavy atom. The fraction of sp³-hybridized carbons (Fsp3) is 0.389. The molecule has 0 atom stereocenters. The van der Waals surface area contributed by atoms with Gasteiger partial charge in [-0.2, -0.15) is 0 Å². The summed E-state index contributed by atoms with van der Waals surface area (Å²) in [7, 11) is -3.68. The second-order valence-corrected chi connectivity index (χ2v) is 8.71. The molecule has 1 aliphatic heterocycles. The Bertz CT molecular complexity index is 910. The lowest BCUT2D eigenvalue weighted by molar-refractivity contribution is -0.387. The highest BCUT2D eigenvalue weighted by Gasteiger charge is 2.23. The molecule has 1 aromatic carbocycles. The summed E-state index contributed by atoms with van der Waals surface area (Å²) in [6, 6.07) is 8.15. The lowest BCUT2D eigenvalue weighted by Gasteiger charge is -2.33. The number of rotatable bonds is 6. The minimum absolute atomic E-state index is 0.259. The lowest BCUT2D eigenvalue weighted by atomic mass is 9.96. The highest BCUT2D eigenvalue weighted by Crippen LogP contribution is 2.28. The smallest absolute Gasteiger partial charge is 0.288 e. The van der Waals surface area contributed by atoms with E-state index in [2.05, 4.69) is 15.2 Å². The monoisotopic (exact) mass is 390 g/mol. The van der Waals surface area contributed by atoms with E-state index in [-0.39, 0.29) is 4.90 Å². The number of nitrogens with one attached hydrogen (secondary N) is 1. The predicted molar refractivity (Wildman–Crippen MR) is 104 cm³/mol. The normalized spacial score (nSPS) is 15.5. The number of piperidine rings is 1. The maximum absolute atomic E-state index is 11.8. The van der Waals surface area contributed by atoms with Crippen LogP contribution in [0.4, 0.5) is 17.1 Å². The van der Waals surface area contributed by atoms with Crippen molar-refractivity contribution in [2.24, 2.45) is 5.92 Å². The number of anilines is 2. The summed E-state index contributed by atoms with van der Waals surface area (Å²) in [4.78, 5) is 16.5. The topological polar surface area (TPSA) is 105 Å². The van der Waals surface area contributed by atoms with E-state index >= 15 is 0 Å². The van der Waals surface area contributed by atoms with Gasteiger partial charge in [-0.05, 0) is 43.0 Å². The average molecular weight is 390 g/mol. The number of pyridine rings is 1. The quantitative estimate of drug-likeness (QED) is 0.597. The van der Waals surface area contributed by atoms with Gasteiger partial charge in [-0.25, -0.2) is 8.42 Å². The van der Waals surface area contributed by atoms with Crippen LogP contribution in [0.15, 0.2) is 47.6 Å². The van der Waals surface area contributed by atoms with Gasteiger partial charge in [0.1, 0.15) is 4.90 Å².